The molecule has 0 bridgehead atoms. The molecule has 1 aromatic carbocycles. The maximum Gasteiger partial charge on any atom is 0.306 e. The third kappa shape index (κ3) is 5.04. The fourth-order valence-corrected chi connectivity index (χ4v) is 3.14. The summed E-state index contributed by atoms with van der Waals surface area (Å²) in [6.07, 6.45) is 2.66. The first-order valence-corrected chi connectivity index (χ1v) is 7.93. The Kier molecular flexibility index (Phi) is 5.61. The molecule has 0 radical (unpaired) electrons. The molecule has 1 saturated carbocycles. The number of thioether (sulfide) groups is 1. The summed E-state index contributed by atoms with van der Waals surface area (Å²) in [4.78, 5) is 23.5. The lowest BCUT2D eigenvalue weighted by atomic mass is 9.86. The largest absolute Gasteiger partial charge is 0.481 e. The number of amides is 1. The lowest BCUT2D eigenvalue weighted by molar-refractivity contribution is -0.142. The van der Waals surface area contributed by atoms with E-state index in [0.29, 0.717) is 25.7 Å². The van der Waals surface area contributed by atoms with Crippen molar-refractivity contribution in [2.24, 2.45) is 5.92 Å². The zero-order valence-electron chi connectivity index (χ0n) is 11.5. The van der Waals surface area contributed by atoms with Gasteiger partial charge in [-0.2, -0.15) is 0 Å². The number of carboxylic acids is 1. The molecule has 0 unspecified atom stereocenters. The van der Waals surface area contributed by atoms with Crippen molar-refractivity contribution < 1.29 is 19.1 Å². The number of benzene rings is 1. The van der Waals surface area contributed by atoms with Gasteiger partial charge in [-0.15, -0.1) is 11.8 Å². The molecule has 0 saturated heterocycles. The van der Waals surface area contributed by atoms with E-state index >= 15 is 0 Å². The highest BCUT2D eigenvalue weighted by Gasteiger charge is 2.26. The van der Waals surface area contributed by atoms with E-state index in [1.54, 1.807) is 12.1 Å². The van der Waals surface area contributed by atoms with Crippen LogP contribution < -0.4 is 5.32 Å². The van der Waals surface area contributed by atoms with Crippen molar-refractivity contribution in [2.45, 2.75) is 36.6 Å². The average molecular weight is 311 g/mol. The minimum absolute atomic E-state index is 0.0666. The number of aliphatic carboxylic acids is 1. The number of carboxylic acid groups (broad SMARTS) is 1. The van der Waals surface area contributed by atoms with E-state index in [-0.39, 0.29) is 29.4 Å². The first-order valence-electron chi connectivity index (χ1n) is 6.95. The second-order valence-corrected chi connectivity index (χ2v) is 6.25. The lowest BCUT2D eigenvalue weighted by Crippen LogP contribution is -2.39. The molecule has 0 heterocycles. The van der Waals surface area contributed by atoms with Crippen LogP contribution in [0.3, 0.4) is 0 Å². The molecule has 114 valence electrons. The minimum atomic E-state index is -0.744. The molecule has 1 aromatic rings. The predicted molar refractivity (Wildman–Crippen MR) is 78.6 cm³/mol. The summed E-state index contributed by atoms with van der Waals surface area (Å²) in [7, 11) is 0. The van der Waals surface area contributed by atoms with Gasteiger partial charge in [-0.05, 0) is 49.9 Å². The molecule has 0 spiro atoms. The third-order valence-corrected chi connectivity index (χ3v) is 4.64. The molecule has 4 nitrogen and oxygen atoms in total. The van der Waals surface area contributed by atoms with E-state index in [1.165, 1.54) is 23.9 Å². The number of halogens is 1. The van der Waals surface area contributed by atoms with Gasteiger partial charge >= 0.3 is 5.97 Å². The number of nitrogens with one attached hydrogen (secondary N) is 1. The van der Waals surface area contributed by atoms with Gasteiger partial charge in [0.25, 0.3) is 0 Å². The Morgan fingerprint density at radius 3 is 2.38 bits per heavy atom. The summed E-state index contributed by atoms with van der Waals surface area (Å²) >= 11 is 1.36. The van der Waals surface area contributed by atoms with Crippen LogP contribution in [0.25, 0.3) is 0 Å². The van der Waals surface area contributed by atoms with E-state index in [1.807, 2.05) is 0 Å². The van der Waals surface area contributed by atoms with Crippen molar-refractivity contribution in [1.82, 2.24) is 5.32 Å². The Balaban J connectivity index is 1.70. The Labute approximate surface area is 127 Å². The Bertz CT molecular complexity index is 498. The number of carbonyl (C=O) groups is 2. The first-order chi connectivity index (χ1) is 10.0. The van der Waals surface area contributed by atoms with Gasteiger partial charge in [-0.1, -0.05) is 0 Å². The molecule has 2 N–H and O–H groups in total. The van der Waals surface area contributed by atoms with Gasteiger partial charge < -0.3 is 10.4 Å². The fraction of sp³-hybridized carbons (Fsp3) is 0.467. The number of hydrogen-bond donors (Lipinski definition) is 2. The van der Waals surface area contributed by atoms with Gasteiger partial charge in [-0.25, -0.2) is 4.39 Å². The van der Waals surface area contributed by atoms with E-state index in [9.17, 15) is 14.0 Å². The number of carbonyl (C=O) groups excluding carboxylic acids is 1. The molecule has 2 rings (SSSR count). The maximum absolute atomic E-state index is 12.8. The van der Waals surface area contributed by atoms with Crippen LogP contribution in [0.2, 0.25) is 0 Å². The standard InChI is InChI=1S/C15H18FNO3S/c16-11-3-7-13(8-4-11)21-9-14(18)17-12-5-1-10(2-6-12)15(19)20/h3-4,7-8,10,12H,1-2,5-6,9H2,(H,17,18)(H,19,20). The molecule has 1 amide bonds. The van der Waals surface area contributed by atoms with Crippen LogP contribution in [-0.2, 0) is 9.59 Å². The summed E-state index contributed by atoms with van der Waals surface area (Å²) in [5.74, 6) is -1.09. The summed E-state index contributed by atoms with van der Waals surface area (Å²) in [6, 6.07) is 6.10. The third-order valence-electron chi connectivity index (χ3n) is 3.63. The zero-order chi connectivity index (χ0) is 15.2. The van der Waals surface area contributed by atoms with Crippen LogP contribution in [0.15, 0.2) is 29.2 Å². The molecule has 1 aliphatic rings. The lowest BCUT2D eigenvalue weighted by Gasteiger charge is -2.26. The highest BCUT2D eigenvalue weighted by atomic mass is 32.2. The van der Waals surface area contributed by atoms with Crippen molar-refractivity contribution in [3.63, 3.8) is 0 Å². The van der Waals surface area contributed by atoms with Gasteiger partial charge in [0.2, 0.25) is 5.91 Å². The van der Waals surface area contributed by atoms with Crippen LogP contribution in [0.5, 0.6) is 0 Å². The quantitative estimate of drug-likeness (QED) is 0.821. The van der Waals surface area contributed by atoms with E-state index in [4.69, 9.17) is 5.11 Å². The van der Waals surface area contributed by atoms with Crippen LogP contribution in [0, 0.1) is 11.7 Å². The molecule has 0 aromatic heterocycles. The molecule has 21 heavy (non-hydrogen) atoms. The van der Waals surface area contributed by atoms with E-state index in [2.05, 4.69) is 5.32 Å². The summed E-state index contributed by atoms with van der Waals surface area (Å²) in [5.41, 5.74) is 0. The molecular formula is C15H18FNO3S. The monoisotopic (exact) mass is 311 g/mol. The highest BCUT2D eigenvalue weighted by molar-refractivity contribution is 8.00. The molecule has 0 aliphatic heterocycles. The van der Waals surface area contributed by atoms with E-state index < -0.39 is 5.97 Å². The highest BCUT2D eigenvalue weighted by Crippen LogP contribution is 2.24. The first kappa shape index (κ1) is 15.8. The van der Waals surface area contributed by atoms with Crippen molar-refractivity contribution >= 4 is 23.6 Å². The molecule has 0 atom stereocenters. The van der Waals surface area contributed by atoms with Crippen molar-refractivity contribution in [2.75, 3.05) is 5.75 Å². The molecule has 1 aliphatic carbocycles. The molecule has 6 heteroatoms. The van der Waals surface area contributed by atoms with Gasteiger partial charge in [0, 0.05) is 10.9 Å². The van der Waals surface area contributed by atoms with Crippen molar-refractivity contribution in [3.8, 4) is 0 Å². The van der Waals surface area contributed by atoms with Crippen LogP contribution in [-0.4, -0.2) is 28.8 Å². The number of hydrogen-bond acceptors (Lipinski definition) is 3. The van der Waals surface area contributed by atoms with Crippen molar-refractivity contribution in [3.05, 3.63) is 30.1 Å². The van der Waals surface area contributed by atoms with E-state index in [0.717, 1.165) is 4.90 Å². The van der Waals surface area contributed by atoms with Crippen LogP contribution in [0.1, 0.15) is 25.7 Å². The topological polar surface area (TPSA) is 66.4 Å². The van der Waals surface area contributed by atoms with Gasteiger partial charge in [0.15, 0.2) is 0 Å². The minimum Gasteiger partial charge on any atom is -0.481 e. The smallest absolute Gasteiger partial charge is 0.306 e. The number of rotatable bonds is 5. The zero-order valence-corrected chi connectivity index (χ0v) is 12.4. The summed E-state index contributed by atoms with van der Waals surface area (Å²) in [5, 5.41) is 11.9. The Morgan fingerprint density at radius 1 is 1.19 bits per heavy atom. The predicted octanol–water partition coefficient (Wildman–Crippen LogP) is 2.68. The van der Waals surface area contributed by atoms with Gasteiger partial charge in [0.05, 0.1) is 11.7 Å². The van der Waals surface area contributed by atoms with Crippen LogP contribution >= 0.6 is 11.8 Å². The average Bonchev–Trinajstić information content (AvgIpc) is 2.47. The SMILES string of the molecule is O=C(CSc1ccc(F)cc1)NC1CCC(C(=O)O)CC1. The molecular weight excluding hydrogens is 293 g/mol. The van der Waals surface area contributed by atoms with Gasteiger partial charge in [0.1, 0.15) is 5.82 Å². The maximum atomic E-state index is 12.8. The van der Waals surface area contributed by atoms with Gasteiger partial charge in [-0.3, -0.25) is 9.59 Å². The Hall–Kier alpha value is -1.56. The normalized spacial score (nSPS) is 21.8. The Morgan fingerprint density at radius 2 is 1.81 bits per heavy atom. The second kappa shape index (κ2) is 7.45. The summed E-state index contributed by atoms with van der Waals surface area (Å²) < 4.78 is 12.8. The molecule has 1 fully saturated rings. The fourth-order valence-electron chi connectivity index (χ4n) is 2.43. The second-order valence-electron chi connectivity index (χ2n) is 5.20. The summed E-state index contributed by atoms with van der Waals surface area (Å²) in [6.45, 7) is 0. The van der Waals surface area contributed by atoms with Crippen molar-refractivity contribution in [1.29, 1.82) is 0 Å². The van der Waals surface area contributed by atoms with Crippen LogP contribution in [0.4, 0.5) is 4.39 Å².